The summed E-state index contributed by atoms with van der Waals surface area (Å²) in [7, 11) is -3.70. The Balaban J connectivity index is 2.03. The van der Waals surface area contributed by atoms with Crippen molar-refractivity contribution in [2.45, 2.75) is 23.8 Å². The lowest BCUT2D eigenvalue weighted by Gasteiger charge is -2.24. The molecule has 0 aliphatic carbocycles. The van der Waals surface area contributed by atoms with E-state index in [-0.39, 0.29) is 21.0 Å². The van der Waals surface area contributed by atoms with Gasteiger partial charge in [-0.3, -0.25) is 4.98 Å². The summed E-state index contributed by atoms with van der Waals surface area (Å²) in [5, 5.41) is 0.306. The molecule has 1 aromatic carbocycles. The monoisotopic (exact) mass is 356 g/mol. The number of benzene rings is 1. The van der Waals surface area contributed by atoms with Crippen molar-refractivity contribution in [2.24, 2.45) is 0 Å². The van der Waals surface area contributed by atoms with Gasteiger partial charge in [0.1, 0.15) is 4.90 Å². The summed E-state index contributed by atoms with van der Waals surface area (Å²) in [5.41, 5.74) is 0.890. The molecule has 1 saturated heterocycles. The zero-order valence-electron chi connectivity index (χ0n) is 11.6. The fourth-order valence-electron chi connectivity index (χ4n) is 2.74. The van der Waals surface area contributed by atoms with Crippen molar-refractivity contribution in [3.05, 3.63) is 58.3 Å². The maximum absolute atomic E-state index is 13.0. The van der Waals surface area contributed by atoms with Crippen molar-refractivity contribution < 1.29 is 8.42 Å². The Kier molecular flexibility index (Phi) is 4.41. The van der Waals surface area contributed by atoms with Crippen LogP contribution in [-0.2, 0) is 10.0 Å². The van der Waals surface area contributed by atoms with Crippen LogP contribution in [0.25, 0.3) is 0 Å². The molecule has 0 saturated carbocycles. The van der Waals surface area contributed by atoms with Gasteiger partial charge in [-0.05, 0) is 36.6 Å². The minimum absolute atomic E-state index is 0.0532. The molecule has 0 amide bonds. The lowest BCUT2D eigenvalue weighted by atomic mass is 10.1. The Labute approximate surface area is 139 Å². The maximum Gasteiger partial charge on any atom is 0.245 e. The number of halogens is 2. The average molecular weight is 357 g/mol. The van der Waals surface area contributed by atoms with Crippen molar-refractivity contribution in [2.75, 3.05) is 6.54 Å². The average Bonchev–Trinajstić information content (AvgIpc) is 3.01. The van der Waals surface area contributed by atoms with Crippen molar-refractivity contribution in [3.8, 4) is 0 Å². The Morgan fingerprint density at radius 1 is 1.18 bits per heavy atom. The molecule has 0 N–H and O–H groups in total. The fraction of sp³-hybridized carbons (Fsp3) is 0.267. The van der Waals surface area contributed by atoms with Gasteiger partial charge in [-0.15, -0.1) is 0 Å². The predicted molar refractivity (Wildman–Crippen MR) is 86.6 cm³/mol. The Morgan fingerprint density at radius 2 is 2.00 bits per heavy atom. The van der Waals surface area contributed by atoms with Gasteiger partial charge < -0.3 is 0 Å². The molecule has 0 spiro atoms. The summed E-state index contributed by atoms with van der Waals surface area (Å²) in [6, 6.07) is 8.15. The van der Waals surface area contributed by atoms with E-state index in [9.17, 15) is 8.42 Å². The minimum atomic E-state index is -3.70. The second kappa shape index (κ2) is 6.16. The molecule has 1 aliphatic heterocycles. The number of sulfonamides is 1. The maximum atomic E-state index is 13.0. The minimum Gasteiger partial charge on any atom is -0.264 e. The van der Waals surface area contributed by atoms with E-state index in [2.05, 4.69) is 4.98 Å². The van der Waals surface area contributed by atoms with Crippen LogP contribution in [0.15, 0.2) is 47.6 Å². The molecule has 1 aliphatic rings. The van der Waals surface area contributed by atoms with Crippen molar-refractivity contribution >= 4 is 33.2 Å². The molecule has 0 radical (unpaired) electrons. The molecule has 0 bridgehead atoms. The lowest BCUT2D eigenvalue weighted by molar-refractivity contribution is 0.396. The summed E-state index contributed by atoms with van der Waals surface area (Å²) in [6.45, 7) is 0.463. The van der Waals surface area contributed by atoms with Gasteiger partial charge in [0, 0.05) is 18.9 Å². The van der Waals surface area contributed by atoms with Gasteiger partial charge in [0.05, 0.1) is 16.1 Å². The molecule has 7 heteroatoms. The molecule has 1 aromatic heterocycles. The smallest absolute Gasteiger partial charge is 0.245 e. The second-order valence-electron chi connectivity index (χ2n) is 5.11. The van der Waals surface area contributed by atoms with E-state index in [0.29, 0.717) is 6.54 Å². The molecular formula is C15H14Cl2N2O2S. The van der Waals surface area contributed by atoms with E-state index in [0.717, 1.165) is 18.4 Å². The normalized spacial score (nSPS) is 19.5. The molecule has 3 rings (SSSR count). The number of hydrogen-bond acceptors (Lipinski definition) is 3. The molecule has 2 heterocycles. The highest BCUT2D eigenvalue weighted by molar-refractivity contribution is 7.89. The van der Waals surface area contributed by atoms with E-state index >= 15 is 0 Å². The second-order valence-corrected chi connectivity index (χ2v) is 7.76. The third-order valence-corrected chi connectivity index (χ3v) is 6.66. The summed E-state index contributed by atoms with van der Waals surface area (Å²) >= 11 is 12.1. The Morgan fingerprint density at radius 3 is 2.73 bits per heavy atom. The highest BCUT2D eigenvalue weighted by Crippen LogP contribution is 2.39. The molecule has 1 atom stereocenters. The summed E-state index contributed by atoms with van der Waals surface area (Å²) in [5.74, 6) is 0. The Bertz CT molecular complexity index is 781. The van der Waals surface area contributed by atoms with Gasteiger partial charge >= 0.3 is 0 Å². The van der Waals surface area contributed by atoms with E-state index in [1.165, 1.54) is 10.4 Å². The third kappa shape index (κ3) is 2.74. The van der Waals surface area contributed by atoms with Gasteiger partial charge in [-0.1, -0.05) is 35.3 Å². The zero-order chi connectivity index (χ0) is 15.7. The van der Waals surface area contributed by atoms with Crippen LogP contribution in [0, 0.1) is 0 Å². The van der Waals surface area contributed by atoms with E-state index in [1.807, 2.05) is 12.1 Å². The molecule has 4 nitrogen and oxygen atoms in total. The molecular weight excluding hydrogens is 343 g/mol. The number of pyridine rings is 1. The SMILES string of the molecule is O=S(=O)(c1cccc(Cl)c1Cl)N1CCCC1c1cccnc1. The van der Waals surface area contributed by atoms with Crippen LogP contribution in [0.1, 0.15) is 24.4 Å². The molecule has 2 aromatic rings. The first-order chi connectivity index (χ1) is 10.5. The van der Waals surface area contributed by atoms with E-state index < -0.39 is 10.0 Å². The van der Waals surface area contributed by atoms with Crippen LogP contribution < -0.4 is 0 Å². The molecule has 22 heavy (non-hydrogen) atoms. The topological polar surface area (TPSA) is 50.3 Å². The number of aromatic nitrogens is 1. The summed E-state index contributed by atoms with van der Waals surface area (Å²) in [4.78, 5) is 4.13. The first-order valence-electron chi connectivity index (χ1n) is 6.87. The van der Waals surface area contributed by atoms with Crippen LogP contribution in [0.2, 0.25) is 10.0 Å². The van der Waals surface area contributed by atoms with Gasteiger partial charge in [0.15, 0.2) is 0 Å². The van der Waals surface area contributed by atoms with Crippen LogP contribution in [0.4, 0.5) is 0 Å². The highest BCUT2D eigenvalue weighted by atomic mass is 35.5. The number of hydrogen-bond donors (Lipinski definition) is 0. The van der Waals surface area contributed by atoms with Crippen molar-refractivity contribution in [1.29, 1.82) is 0 Å². The largest absolute Gasteiger partial charge is 0.264 e. The quantitative estimate of drug-likeness (QED) is 0.837. The molecule has 116 valence electrons. The number of nitrogens with zero attached hydrogens (tertiary/aromatic N) is 2. The van der Waals surface area contributed by atoms with E-state index in [4.69, 9.17) is 23.2 Å². The van der Waals surface area contributed by atoms with Crippen LogP contribution in [-0.4, -0.2) is 24.3 Å². The number of rotatable bonds is 3. The van der Waals surface area contributed by atoms with Crippen LogP contribution in [0.5, 0.6) is 0 Å². The fourth-order valence-corrected chi connectivity index (χ4v) is 5.16. The zero-order valence-corrected chi connectivity index (χ0v) is 13.9. The van der Waals surface area contributed by atoms with E-state index in [1.54, 1.807) is 24.5 Å². The summed E-state index contributed by atoms with van der Waals surface area (Å²) < 4.78 is 27.4. The van der Waals surface area contributed by atoms with Crippen LogP contribution >= 0.6 is 23.2 Å². The first kappa shape index (κ1) is 15.7. The van der Waals surface area contributed by atoms with Crippen LogP contribution in [0.3, 0.4) is 0 Å². The lowest BCUT2D eigenvalue weighted by Crippen LogP contribution is -2.31. The van der Waals surface area contributed by atoms with Crippen molar-refractivity contribution in [1.82, 2.24) is 9.29 Å². The molecule has 1 fully saturated rings. The van der Waals surface area contributed by atoms with Gasteiger partial charge in [0.2, 0.25) is 10.0 Å². The first-order valence-corrected chi connectivity index (χ1v) is 9.07. The highest BCUT2D eigenvalue weighted by Gasteiger charge is 2.37. The summed E-state index contributed by atoms with van der Waals surface area (Å²) in [6.07, 6.45) is 4.95. The van der Waals surface area contributed by atoms with Gasteiger partial charge in [0.25, 0.3) is 0 Å². The Hall–Kier alpha value is -1.14. The van der Waals surface area contributed by atoms with Gasteiger partial charge in [-0.2, -0.15) is 4.31 Å². The standard InChI is InChI=1S/C15H14Cl2N2O2S/c16-12-5-1-7-14(15(12)17)22(20,21)19-9-3-6-13(19)11-4-2-8-18-10-11/h1-2,4-5,7-8,10,13H,3,6,9H2. The third-order valence-electron chi connectivity index (χ3n) is 3.78. The molecule has 1 unspecified atom stereocenters. The van der Waals surface area contributed by atoms with Crippen molar-refractivity contribution in [3.63, 3.8) is 0 Å². The predicted octanol–water partition coefficient (Wildman–Crippen LogP) is 3.91. The van der Waals surface area contributed by atoms with Gasteiger partial charge in [-0.25, -0.2) is 8.42 Å².